The lowest BCUT2D eigenvalue weighted by atomic mass is 10.3. The molecule has 0 saturated carbocycles. The Morgan fingerprint density at radius 2 is 2.46 bits per heavy atom. The first kappa shape index (κ1) is 9.44. The van der Waals surface area contributed by atoms with Gasteiger partial charge in [-0.1, -0.05) is 12.2 Å². The molecule has 0 aliphatic carbocycles. The summed E-state index contributed by atoms with van der Waals surface area (Å²) in [4.78, 5) is 10.0. The van der Waals surface area contributed by atoms with Gasteiger partial charge in [0, 0.05) is 0 Å². The molecule has 0 saturated heterocycles. The molecule has 13 heavy (non-hydrogen) atoms. The molecule has 5 heteroatoms. The van der Waals surface area contributed by atoms with Gasteiger partial charge in [-0.05, 0) is 13.8 Å². The second-order valence-corrected chi connectivity index (χ2v) is 3.01. The minimum atomic E-state index is -0.433. The molecule has 0 amide bonds. The van der Waals surface area contributed by atoms with E-state index in [1.165, 1.54) is 10.9 Å². The topological polar surface area (TPSA) is 61.0 Å². The Balaban J connectivity index is 2.95. The van der Waals surface area contributed by atoms with Crippen molar-refractivity contribution in [2.45, 2.75) is 20.4 Å². The zero-order chi connectivity index (χ0) is 10.0. The molecular weight excluding hydrogens is 170 g/mol. The lowest BCUT2D eigenvalue weighted by Gasteiger charge is -1.96. The summed E-state index contributed by atoms with van der Waals surface area (Å²) in [6.45, 7) is 7.69. The van der Waals surface area contributed by atoms with Gasteiger partial charge in [-0.15, -0.1) is 0 Å². The van der Waals surface area contributed by atoms with Crippen LogP contribution in [0.5, 0.6) is 0 Å². The number of aryl methyl sites for hydroxylation is 1. The van der Waals surface area contributed by atoms with Crippen LogP contribution in [0.15, 0.2) is 18.3 Å². The average Bonchev–Trinajstić information content (AvgIpc) is 2.29. The Morgan fingerprint density at radius 3 is 2.85 bits per heavy atom. The summed E-state index contributed by atoms with van der Waals surface area (Å²) in [7, 11) is 0. The Bertz CT molecular complexity index is 354. The van der Waals surface area contributed by atoms with E-state index in [4.69, 9.17) is 0 Å². The second-order valence-electron chi connectivity index (χ2n) is 3.01. The standard InChI is InChI=1S/C8H11N3O2/c1-6(2)4-10-5-8(11(12)13)7(3)9-10/h5H,1,4H2,2-3H3. The fourth-order valence-corrected chi connectivity index (χ4v) is 1.04. The number of nitrogens with zero attached hydrogens (tertiary/aromatic N) is 3. The van der Waals surface area contributed by atoms with Crippen LogP contribution in [0.3, 0.4) is 0 Å². The molecule has 1 aromatic heterocycles. The molecule has 0 atom stereocenters. The Labute approximate surface area is 75.8 Å². The van der Waals surface area contributed by atoms with Crippen molar-refractivity contribution in [3.63, 3.8) is 0 Å². The molecule has 70 valence electrons. The van der Waals surface area contributed by atoms with E-state index >= 15 is 0 Å². The maximum absolute atomic E-state index is 10.5. The third kappa shape index (κ3) is 2.14. The van der Waals surface area contributed by atoms with E-state index in [0.717, 1.165) is 5.57 Å². The average molecular weight is 181 g/mol. The normalized spacial score (nSPS) is 10.0. The van der Waals surface area contributed by atoms with Gasteiger partial charge in [-0.3, -0.25) is 14.8 Å². The van der Waals surface area contributed by atoms with Gasteiger partial charge >= 0.3 is 5.69 Å². The van der Waals surface area contributed by atoms with Crippen molar-refractivity contribution >= 4 is 5.69 Å². The monoisotopic (exact) mass is 181 g/mol. The molecule has 5 nitrogen and oxygen atoms in total. The smallest absolute Gasteiger partial charge is 0.261 e. The van der Waals surface area contributed by atoms with E-state index < -0.39 is 4.92 Å². The largest absolute Gasteiger partial charge is 0.309 e. The van der Waals surface area contributed by atoms with Crippen LogP contribution in [0.1, 0.15) is 12.6 Å². The van der Waals surface area contributed by atoms with E-state index in [0.29, 0.717) is 12.2 Å². The van der Waals surface area contributed by atoms with Crippen LogP contribution in [0.4, 0.5) is 5.69 Å². The highest BCUT2D eigenvalue weighted by molar-refractivity contribution is 5.31. The highest BCUT2D eigenvalue weighted by Gasteiger charge is 2.14. The number of allylic oxidation sites excluding steroid dienone is 1. The minimum absolute atomic E-state index is 0.0567. The van der Waals surface area contributed by atoms with Crippen LogP contribution >= 0.6 is 0 Å². The second kappa shape index (κ2) is 3.38. The van der Waals surface area contributed by atoms with Gasteiger partial charge < -0.3 is 0 Å². The molecule has 1 rings (SSSR count). The molecule has 0 aliphatic heterocycles. The van der Waals surface area contributed by atoms with Crippen molar-refractivity contribution in [3.05, 3.63) is 34.2 Å². The maximum atomic E-state index is 10.5. The van der Waals surface area contributed by atoms with Crippen LogP contribution in [-0.2, 0) is 6.54 Å². The van der Waals surface area contributed by atoms with Crippen LogP contribution < -0.4 is 0 Å². The predicted octanol–water partition coefficient (Wildman–Crippen LogP) is 1.68. The van der Waals surface area contributed by atoms with E-state index in [-0.39, 0.29) is 5.69 Å². The van der Waals surface area contributed by atoms with E-state index in [9.17, 15) is 10.1 Å². The summed E-state index contributed by atoms with van der Waals surface area (Å²) in [6, 6.07) is 0. The molecule has 1 heterocycles. The van der Waals surface area contributed by atoms with E-state index in [2.05, 4.69) is 11.7 Å². The van der Waals surface area contributed by atoms with Gasteiger partial charge in [-0.2, -0.15) is 5.10 Å². The van der Waals surface area contributed by atoms with Crippen LogP contribution in [0.25, 0.3) is 0 Å². The number of hydrogen-bond acceptors (Lipinski definition) is 3. The summed E-state index contributed by atoms with van der Waals surface area (Å²) in [5, 5.41) is 14.4. The van der Waals surface area contributed by atoms with Gasteiger partial charge in [0.1, 0.15) is 11.9 Å². The molecule has 0 N–H and O–H groups in total. The third-order valence-corrected chi connectivity index (χ3v) is 1.55. The van der Waals surface area contributed by atoms with E-state index in [1.54, 1.807) is 6.92 Å². The molecular formula is C8H11N3O2. The van der Waals surface area contributed by atoms with Crippen molar-refractivity contribution in [1.29, 1.82) is 0 Å². The summed E-state index contributed by atoms with van der Waals surface area (Å²) in [6.07, 6.45) is 1.42. The summed E-state index contributed by atoms with van der Waals surface area (Å²) >= 11 is 0. The zero-order valence-electron chi connectivity index (χ0n) is 7.65. The number of aromatic nitrogens is 2. The lowest BCUT2D eigenvalue weighted by Crippen LogP contribution is -1.98. The Morgan fingerprint density at radius 1 is 1.85 bits per heavy atom. The van der Waals surface area contributed by atoms with Crippen molar-refractivity contribution < 1.29 is 4.92 Å². The lowest BCUT2D eigenvalue weighted by molar-refractivity contribution is -0.385. The highest BCUT2D eigenvalue weighted by atomic mass is 16.6. The Kier molecular flexibility index (Phi) is 2.46. The Hall–Kier alpha value is -1.65. The first-order valence-electron chi connectivity index (χ1n) is 3.83. The molecule has 0 unspecified atom stereocenters. The highest BCUT2D eigenvalue weighted by Crippen LogP contribution is 2.15. The zero-order valence-corrected chi connectivity index (χ0v) is 7.65. The van der Waals surface area contributed by atoms with Crippen molar-refractivity contribution in [2.24, 2.45) is 0 Å². The fraction of sp³-hybridized carbons (Fsp3) is 0.375. The van der Waals surface area contributed by atoms with Crippen molar-refractivity contribution in [1.82, 2.24) is 9.78 Å². The molecule has 0 radical (unpaired) electrons. The fourth-order valence-electron chi connectivity index (χ4n) is 1.04. The molecule has 1 aromatic rings. The van der Waals surface area contributed by atoms with Crippen LogP contribution in [-0.4, -0.2) is 14.7 Å². The first-order chi connectivity index (χ1) is 6.00. The van der Waals surface area contributed by atoms with E-state index in [1.807, 2.05) is 6.92 Å². The number of rotatable bonds is 3. The molecule has 0 bridgehead atoms. The molecule has 0 aliphatic rings. The minimum Gasteiger partial charge on any atom is -0.261 e. The van der Waals surface area contributed by atoms with Crippen LogP contribution in [0, 0.1) is 17.0 Å². The first-order valence-corrected chi connectivity index (χ1v) is 3.83. The predicted molar refractivity (Wildman–Crippen MR) is 48.4 cm³/mol. The third-order valence-electron chi connectivity index (χ3n) is 1.55. The molecule has 0 spiro atoms. The van der Waals surface area contributed by atoms with Gasteiger partial charge in [0.2, 0.25) is 0 Å². The summed E-state index contributed by atoms with van der Waals surface area (Å²) < 4.78 is 1.52. The van der Waals surface area contributed by atoms with Gasteiger partial charge in [0.05, 0.1) is 11.5 Å². The molecule has 0 fully saturated rings. The number of nitro groups is 1. The van der Waals surface area contributed by atoms with Crippen molar-refractivity contribution in [3.8, 4) is 0 Å². The van der Waals surface area contributed by atoms with Crippen LogP contribution in [0.2, 0.25) is 0 Å². The summed E-state index contributed by atoms with van der Waals surface area (Å²) in [5.41, 5.74) is 1.41. The van der Waals surface area contributed by atoms with Gasteiger partial charge in [-0.25, -0.2) is 0 Å². The van der Waals surface area contributed by atoms with Gasteiger partial charge in [0.15, 0.2) is 0 Å². The number of hydrogen-bond donors (Lipinski definition) is 0. The maximum Gasteiger partial charge on any atom is 0.309 e. The summed E-state index contributed by atoms with van der Waals surface area (Å²) in [5.74, 6) is 0. The van der Waals surface area contributed by atoms with Gasteiger partial charge in [0.25, 0.3) is 0 Å². The SMILES string of the molecule is C=C(C)Cn1cc([N+](=O)[O-])c(C)n1. The molecule has 0 aromatic carbocycles. The van der Waals surface area contributed by atoms with Crippen molar-refractivity contribution in [2.75, 3.05) is 0 Å². The quantitative estimate of drug-likeness (QED) is 0.405.